The number of aromatic nitrogens is 4. The van der Waals surface area contributed by atoms with Gasteiger partial charge in [0.2, 0.25) is 0 Å². The molecule has 2 N–H and O–H groups in total. The Kier molecular flexibility index (Phi) is 4.63. The molecule has 2 aromatic rings. The van der Waals surface area contributed by atoms with Crippen LogP contribution in [0.4, 0.5) is 4.79 Å². The van der Waals surface area contributed by atoms with Crippen LogP contribution in [-0.2, 0) is 6.54 Å². The van der Waals surface area contributed by atoms with Crippen molar-refractivity contribution in [2.24, 2.45) is 11.8 Å². The average molecular weight is 340 g/mol. The number of carbonyl (C=O) groups is 1. The summed E-state index contributed by atoms with van der Waals surface area (Å²) in [5.41, 5.74) is 0.905. The number of hydrogen-bond donors (Lipinski definition) is 2. The Morgan fingerprint density at radius 3 is 2.96 bits per heavy atom. The van der Waals surface area contributed by atoms with Gasteiger partial charge in [-0.2, -0.15) is 5.10 Å². The molecule has 25 heavy (non-hydrogen) atoms. The van der Waals surface area contributed by atoms with E-state index in [4.69, 9.17) is 0 Å². The van der Waals surface area contributed by atoms with E-state index in [1.165, 1.54) is 38.4 Å². The third-order valence-corrected chi connectivity index (χ3v) is 5.35. The maximum absolute atomic E-state index is 12.2. The Morgan fingerprint density at radius 1 is 1.28 bits per heavy atom. The zero-order chi connectivity index (χ0) is 17.1. The van der Waals surface area contributed by atoms with E-state index in [2.05, 4.69) is 25.7 Å². The van der Waals surface area contributed by atoms with E-state index >= 15 is 0 Å². The first-order chi connectivity index (χ1) is 12.3. The van der Waals surface area contributed by atoms with Crippen molar-refractivity contribution in [3.8, 4) is 5.82 Å². The third-order valence-electron chi connectivity index (χ3n) is 5.35. The number of hydrogen-bond acceptors (Lipinski definition) is 4. The Morgan fingerprint density at radius 2 is 2.16 bits per heavy atom. The van der Waals surface area contributed by atoms with E-state index < -0.39 is 0 Å². The predicted octanol–water partition coefficient (Wildman–Crippen LogP) is 2.43. The number of carbonyl (C=O) groups excluding carboxylic acids is 1. The van der Waals surface area contributed by atoms with Gasteiger partial charge in [0.1, 0.15) is 12.7 Å². The molecular formula is C18H24N6O. The maximum atomic E-state index is 12.2. The molecular weight excluding hydrogens is 316 g/mol. The lowest BCUT2D eigenvalue weighted by molar-refractivity contribution is 0.237. The van der Waals surface area contributed by atoms with Crippen LogP contribution in [0.25, 0.3) is 5.82 Å². The van der Waals surface area contributed by atoms with Crippen molar-refractivity contribution in [3.05, 3.63) is 36.5 Å². The number of nitrogens with one attached hydrogen (secondary N) is 2. The maximum Gasteiger partial charge on any atom is 0.315 e. The van der Waals surface area contributed by atoms with Gasteiger partial charge in [0.15, 0.2) is 5.82 Å². The first-order valence-corrected chi connectivity index (χ1v) is 9.14. The van der Waals surface area contributed by atoms with Crippen molar-refractivity contribution < 1.29 is 4.79 Å². The number of amides is 2. The molecule has 0 bridgehead atoms. The van der Waals surface area contributed by atoms with Crippen LogP contribution in [0.3, 0.4) is 0 Å². The molecule has 2 amide bonds. The fourth-order valence-corrected chi connectivity index (χ4v) is 3.95. The van der Waals surface area contributed by atoms with Crippen molar-refractivity contribution >= 4 is 6.03 Å². The Hall–Kier alpha value is -2.44. The standard InChI is InChI=1S/C18H24N6O/c25-18(23-16-9-15(16)13-5-2-1-3-6-13)21-10-14-7-4-8-20-17(14)24-12-19-11-22-24/h4,7-8,11-13,15-16H,1-3,5-6,9-10H2,(H2,21,23,25)/t15-,16-/m1/s1. The Bertz CT molecular complexity index is 710. The number of nitrogens with zero attached hydrogens (tertiary/aromatic N) is 4. The monoisotopic (exact) mass is 340 g/mol. The molecule has 2 aliphatic rings. The highest BCUT2D eigenvalue weighted by Crippen LogP contribution is 2.44. The van der Waals surface area contributed by atoms with Crippen molar-refractivity contribution in [3.63, 3.8) is 0 Å². The van der Waals surface area contributed by atoms with Gasteiger partial charge in [-0.05, 0) is 24.3 Å². The van der Waals surface area contributed by atoms with E-state index in [0.29, 0.717) is 24.3 Å². The van der Waals surface area contributed by atoms with Gasteiger partial charge in [0.25, 0.3) is 0 Å². The second kappa shape index (κ2) is 7.21. The first-order valence-electron chi connectivity index (χ1n) is 9.14. The van der Waals surface area contributed by atoms with E-state index in [-0.39, 0.29) is 6.03 Å². The van der Waals surface area contributed by atoms with Crippen LogP contribution in [0.2, 0.25) is 0 Å². The van der Waals surface area contributed by atoms with Crippen LogP contribution in [0.15, 0.2) is 31.0 Å². The van der Waals surface area contributed by atoms with Crippen molar-refractivity contribution in [1.82, 2.24) is 30.4 Å². The highest BCUT2D eigenvalue weighted by molar-refractivity contribution is 5.74. The predicted molar refractivity (Wildman–Crippen MR) is 93.0 cm³/mol. The van der Waals surface area contributed by atoms with Crippen LogP contribution < -0.4 is 10.6 Å². The minimum Gasteiger partial charge on any atom is -0.335 e. The molecule has 132 valence electrons. The van der Waals surface area contributed by atoms with Crippen LogP contribution in [0.5, 0.6) is 0 Å². The van der Waals surface area contributed by atoms with Gasteiger partial charge in [0, 0.05) is 24.3 Å². The summed E-state index contributed by atoms with van der Waals surface area (Å²) in [7, 11) is 0. The summed E-state index contributed by atoms with van der Waals surface area (Å²) in [6.07, 6.45) is 12.7. The highest BCUT2D eigenvalue weighted by Gasteiger charge is 2.43. The smallest absolute Gasteiger partial charge is 0.315 e. The molecule has 2 fully saturated rings. The van der Waals surface area contributed by atoms with Gasteiger partial charge in [-0.1, -0.05) is 38.2 Å². The SMILES string of the molecule is O=C(NCc1cccnc1-n1cncn1)N[C@@H]1C[C@@H]1C1CCCCC1. The summed E-state index contributed by atoms with van der Waals surface area (Å²) in [5.74, 6) is 2.19. The van der Waals surface area contributed by atoms with E-state index in [9.17, 15) is 4.79 Å². The lowest BCUT2D eigenvalue weighted by Gasteiger charge is -2.21. The summed E-state index contributed by atoms with van der Waals surface area (Å²) in [4.78, 5) is 20.5. The van der Waals surface area contributed by atoms with Gasteiger partial charge < -0.3 is 10.6 Å². The molecule has 0 radical (unpaired) electrons. The zero-order valence-corrected chi connectivity index (χ0v) is 14.3. The minimum atomic E-state index is -0.100. The lowest BCUT2D eigenvalue weighted by atomic mass is 9.85. The van der Waals surface area contributed by atoms with Crippen LogP contribution in [-0.4, -0.2) is 31.8 Å². The molecule has 0 aromatic carbocycles. The normalized spacial score (nSPS) is 23.2. The van der Waals surface area contributed by atoms with Gasteiger partial charge in [-0.3, -0.25) is 0 Å². The van der Waals surface area contributed by atoms with Crippen molar-refractivity contribution in [2.75, 3.05) is 0 Å². The number of urea groups is 1. The average Bonchev–Trinajstić information content (AvgIpc) is 3.19. The topological polar surface area (TPSA) is 84.7 Å². The summed E-state index contributed by atoms with van der Waals surface area (Å²) in [6.45, 7) is 0.412. The van der Waals surface area contributed by atoms with Gasteiger partial charge in [0.05, 0.1) is 0 Å². The second-order valence-corrected chi connectivity index (χ2v) is 7.06. The van der Waals surface area contributed by atoms with Gasteiger partial charge >= 0.3 is 6.03 Å². The molecule has 2 saturated carbocycles. The number of rotatable bonds is 5. The molecule has 0 unspecified atom stereocenters. The summed E-state index contributed by atoms with van der Waals surface area (Å²) in [6, 6.07) is 4.05. The molecule has 2 heterocycles. The van der Waals surface area contributed by atoms with E-state index in [1.807, 2.05) is 12.1 Å². The fourth-order valence-electron chi connectivity index (χ4n) is 3.95. The van der Waals surface area contributed by atoms with Gasteiger partial charge in [-0.25, -0.2) is 19.4 Å². The molecule has 2 atom stereocenters. The first kappa shape index (κ1) is 16.1. The zero-order valence-electron chi connectivity index (χ0n) is 14.3. The van der Waals surface area contributed by atoms with Crippen LogP contribution >= 0.6 is 0 Å². The fraction of sp³-hybridized carbons (Fsp3) is 0.556. The molecule has 0 aliphatic heterocycles. The van der Waals surface area contributed by atoms with Gasteiger partial charge in [-0.15, -0.1) is 0 Å². The highest BCUT2D eigenvalue weighted by atomic mass is 16.2. The Labute approximate surface area is 147 Å². The minimum absolute atomic E-state index is 0.100. The van der Waals surface area contributed by atoms with Crippen LogP contribution in [0, 0.1) is 11.8 Å². The largest absolute Gasteiger partial charge is 0.335 e. The molecule has 0 spiro atoms. The molecule has 7 heteroatoms. The van der Waals surface area contributed by atoms with E-state index in [1.54, 1.807) is 17.2 Å². The van der Waals surface area contributed by atoms with Crippen LogP contribution in [0.1, 0.15) is 44.1 Å². The molecule has 2 aliphatic carbocycles. The summed E-state index contributed by atoms with van der Waals surface area (Å²) >= 11 is 0. The molecule has 2 aromatic heterocycles. The third kappa shape index (κ3) is 3.81. The molecule has 0 saturated heterocycles. The summed E-state index contributed by atoms with van der Waals surface area (Å²) < 4.78 is 1.61. The second-order valence-electron chi connectivity index (χ2n) is 7.06. The number of pyridine rings is 1. The lowest BCUT2D eigenvalue weighted by Crippen LogP contribution is -2.37. The molecule has 4 rings (SSSR count). The van der Waals surface area contributed by atoms with E-state index in [0.717, 1.165) is 17.9 Å². The quantitative estimate of drug-likeness (QED) is 0.875. The van der Waals surface area contributed by atoms with Crippen molar-refractivity contribution in [1.29, 1.82) is 0 Å². The Balaban J connectivity index is 1.29. The van der Waals surface area contributed by atoms with Crippen molar-refractivity contribution in [2.45, 2.75) is 51.1 Å². The molecule has 7 nitrogen and oxygen atoms in total. The summed E-state index contributed by atoms with van der Waals surface area (Å²) in [5, 5.41) is 10.2.